The molecule has 0 aromatic rings. The smallest absolute Gasteiger partial charge is 0.239 e. The molecule has 1 amide bonds. The molecule has 3 atom stereocenters. The number of aliphatic hydroxyl groups excluding tert-OH is 2. The second-order valence-corrected chi connectivity index (χ2v) is 4.38. The average Bonchev–Trinajstić information content (AvgIpc) is 2.59. The van der Waals surface area contributed by atoms with Crippen LogP contribution in [0.2, 0.25) is 0 Å². The van der Waals surface area contributed by atoms with E-state index in [1.54, 1.807) is 4.90 Å². The molecule has 0 aromatic carbocycles. The molecular formula is C10H18N2O3. The summed E-state index contributed by atoms with van der Waals surface area (Å²) in [5, 5.41) is 21.9. The number of hydrogen-bond donors (Lipinski definition) is 3. The molecular weight excluding hydrogens is 196 g/mol. The zero-order chi connectivity index (χ0) is 10.8. The summed E-state index contributed by atoms with van der Waals surface area (Å²) in [7, 11) is 0. The Morgan fingerprint density at radius 3 is 2.40 bits per heavy atom. The molecule has 2 rings (SSSR count). The van der Waals surface area contributed by atoms with Gasteiger partial charge >= 0.3 is 0 Å². The minimum absolute atomic E-state index is 0.0188. The fourth-order valence-corrected chi connectivity index (χ4v) is 2.23. The maximum absolute atomic E-state index is 11.9. The van der Waals surface area contributed by atoms with Gasteiger partial charge in [-0.25, -0.2) is 0 Å². The number of rotatable bonds is 1. The van der Waals surface area contributed by atoms with Crippen LogP contribution in [-0.4, -0.2) is 58.9 Å². The number of carbonyl (C=O) groups excluding carboxylic acids is 1. The van der Waals surface area contributed by atoms with Crippen LogP contribution in [0, 0.1) is 0 Å². The molecule has 2 saturated heterocycles. The Morgan fingerprint density at radius 2 is 1.87 bits per heavy atom. The van der Waals surface area contributed by atoms with E-state index in [1.807, 2.05) is 0 Å². The molecule has 2 aliphatic heterocycles. The summed E-state index contributed by atoms with van der Waals surface area (Å²) in [4.78, 5) is 13.5. The second kappa shape index (κ2) is 4.47. The molecule has 0 saturated carbocycles. The van der Waals surface area contributed by atoms with Gasteiger partial charge in [-0.3, -0.25) is 4.79 Å². The van der Waals surface area contributed by atoms with Crippen molar-refractivity contribution in [2.24, 2.45) is 0 Å². The quantitative estimate of drug-likeness (QED) is 0.507. The largest absolute Gasteiger partial charge is 0.388 e. The lowest BCUT2D eigenvalue weighted by Crippen LogP contribution is -2.48. The number of piperidine rings is 1. The Kier molecular flexibility index (Phi) is 3.23. The molecule has 0 aliphatic carbocycles. The lowest BCUT2D eigenvalue weighted by Gasteiger charge is -2.27. The van der Waals surface area contributed by atoms with Crippen molar-refractivity contribution in [3.63, 3.8) is 0 Å². The van der Waals surface area contributed by atoms with Crippen molar-refractivity contribution in [1.82, 2.24) is 10.2 Å². The normalized spacial score (nSPS) is 36.9. The van der Waals surface area contributed by atoms with Gasteiger partial charge in [0.2, 0.25) is 5.91 Å². The topological polar surface area (TPSA) is 72.8 Å². The van der Waals surface area contributed by atoms with Gasteiger partial charge in [0.05, 0.1) is 18.2 Å². The fourth-order valence-electron chi connectivity index (χ4n) is 2.23. The number of β-amino-alcohol motifs (C(OH)–C–C–N with tert-alkyl or cyclic N) is 2. The van der Waals surface area contributed by atoms with E-state index in [-0.39, 0.29) is 25.0 Å². The molecule has 0 spiro atoms. The van der Waals surface area contributed by atoms with Gasteiger partial charge < -0.3 is 20.4 Å². The van der Waals surface area contributed by atoms with Gasteiger partial charge in [-0.2, -0.15) is 0 Å². The van der Waals surface area contributed by atoms with E-state index in [0.717, 1.165) is 25.8 Å². The molecule has 2 heterocycles. The number of amides is 1. The summed E-state index contributed by atoms with van der Waals surface area (Å²) >= 11 is 0. The molecule has 5 heteroatoms. The molecule has 2 unspecified atom stereocenters. The van der Waals surface area contributed by atoms with E-state index in [9.17, 15) is 15.0 Å². The predicted molar refractivity (Wildman–Crippen MR) is 54.2 cm³/mol. The first kappa shape index (κ1) is 10.9. The Hall–Kier alpha value is -0.650. The first-order valence-corrected chi connectivity index (χ1v) is 5.57. The number of nitrogens with zero attached hydrogens (tertiary/aromatic N) is 1. The van der Waals surface area contributed by atoms with Crippen LogP contribution in [0.5, 0.6) is 0 Å². The molecule has 86 valence electrons. The summed E-state index contributed by atoms with van der Waals surface area (Å²) in [6, 6.07) is -0.115. The molecule has 2 aliphatic rings. The summed E-state index contributed by atoms with van der Waals surface area (Å²) in [6.45, 7) is 1.41. The molecule has 0 aromatic heterocycles. The Morgan fingerprint density at radius 1 is 1.20 bits per heavy atom. The SMILES string of the molecule is O=C([C@@H]1CCCCN1)N1CC(O)C(O)C1. The van der Waals surface area contributed by atoms with Crippen LogP contribution in [0.15, 0.2) is 0 Å². The van der Waals surface area contributed by atoms with Gasteiger partial charge in [-0.05, 0) is 19.4 Å². The number of carbonyl (C=O) groups is 1. The first-order chi connectivity index (χ1) is 7.18. The summed E-state index contributed by atoms with van der Waals surface area (Å²) < 4.78 is 0. The lowest BCUT2D eigenvalue weighted by molar-refractivity contribution is -0.133. The van der Waals surface area contributed by atoms with Crippen LogP contribution in [-0.2, 0) is 4.79 Å². The van der Waals surface area contributed by atoms with E-state index >= 15 is 0 Å². The number of hydrogen-bond acceptors (Lipinski definition) is 4. The average molecular weight is 214 g/mol. The summed E-state index contributed by atoms with van der Waals surface area (Å²) in [5.74, 6) is 0.0188. The third-order valence-corrected chi connectivity index (χ3v) is 3.18. The van der Waals surface area contributed by atoms with Gasteiger partial charge in [0, 0.05) is 13.1 Å². The maximum atomic E-state index is 11.9. The molecule has 3 N–H and O–H groups in total. The van der Waals surface area contributed by atoms with Crippen molar-refractivity contribution in [2.75, 3.05) is 19.6 Å². The Balaban J connectivity index is 1.90. The monoisotopic (exact) mass is 214 g/mol. The van der Waals surface area contributed by atoms with Crippen LogP contribution in [0.1, 0.15) is 19.3 Å². The third kappa shape index (κ3) is 2.30. The second-order valence-electron chi connectivity index (χ2n) is 4.38. The lowest BCUT2D eigenvalue weighted by atomic mass is 10.0. The summed E-state index contributed by atoms with van der Waals surface area (Å²) in [5.41, 5.74) is 0. The Bertz CT molecular complexity index is 231. The van der Waals surface area contributed by atoms with Gasteiger partial charge in [0.25, 0.3) is 0 Å². The highest BCUT2D eigenvalue weighted by atomic mass is 16.3. The van der Waals surface area contributed by atoms with E-state index in [2.05, 4.69) is 5.32 Å². The van der Waals surface area contributed by atoms with Crippen molar-refractivity contribution >= 4 is 5.91 Å². The minimum Gasteiger partial charge on any atom is -0.388 e. The number of likely N-dealkylation sites (tertiary alicyclic amines) is 1. The van der Waals surface area contributed by atoms with Crippen LogP contribution in [0.3, 0.4) is 0 Å². The van der Waals surface area contributed by atoms with Crippen molar-refractivity contribution in [1.29, 1.82) is 0 Å². The van der Waals surface area contributed by atoms with Gasteiger partial charge in [-0.1, -0.05) is 6.42 Å². The van der Waals surface area contributed by atoms with Crippen LogP contribution in [0.25, 0.3) is 0 Å². The standard InChI is InChI=1S/C10H18N2O3/c13-8-5-12(6-9(8)14)10(15)7-3-1-2-4-11-7/h7-9,11,13-14H,1-6H2/t7-,8?,9?/m0/s1. The molecule has 2 fully saturated rings. The van der Waals surface area contributed by atoms with Crippen molar-refractivity contribution in [3.8, 4) is 0 Å². The fraction of sp³-hybridized carbons (Fsp3) is 0.900. The zero-order valence-electron chi connectivity index (χ0n) is 8.72. The molecule has 0 radical (unpaired) electrons. The Labute approximate surface area is 89.1 Å². The van der Waals surface area contributed by atoms with E-state index in [4.69, 9.17) is 0 Å². The van der Waals surface area contributed by atoms with Crippen molar-refractivity contribution < 1.29 is 15.0 Å². The van der Waals surface area contributed by atoms with Crippen molar-refractivity contribution in [2.45, 2.75) is 37.5 Å². The maximum Gasteiger partial charge on any atom is 0.239 e. The number of aliphatic hydroxyl groups is 2. The van der Waals surface area contributed by atoms with Crippen LogP contribution >= 0.6 is 0 Å². The van der Waals surface area contributed by atoms with E-state index in [1.165, 1.54) is 0 Å². The van der Waals surface area contributed by atoms with Gasteiger partial charge in [0.15, 0.2) is 0 Å². The highest BCUT2D eigenvalue weighted by molar-refractivity contribution is 5.82. The minimum atomic E-state index is -0.780. The third-order valence-electron chi connectivity index (χ3n) is 3.18. The van der Waals surface area contributed by atoms with Crippen LogP contribution in [0.4, 0.5) is 0 Å². The molecule has 0 bridgehead atoms. The number of nitrogens with one attached hydrogen (secondary N) is 1. The van der Waals surface area contributed by atoms with E-state index in [0.29, 0.717) is 0 Å². The molecule has 15 heavy (non-hydrogen) atoms. The van der Waals surface area contributed by atoms with E-state index < -0.39 is 12.2 Å². The zero-order valence-corrected chi connectivity index (χ0v) is 8.72. The van der Waals surface area contributed by atoms with Gasteiger partial charge in [-0.15, -0.1) is 0 Å². The predicted octanol–water partition coefficient (Wildman–Crippen LogP) is -1.31. The summed E-state index contributed by atoms with van der Waals surface area (Å²) in [6.07, 6.45) is 1.49. The van der Waals surface area contributed by atoms with Crippen molar-refractivity contribution in [3.05, 3.63) is 0 Å². The highest BCUT2D eigenvalue weighted by Gasteiger charge is 2.35. The molecule has 5 nitrogen and oxygen atoms in total. The van der Waals surface area contributed by atoms with Crippen LogP contribution < -0.4 is 5.32 Å². The first-order valence-electron chi connectivity index (χ1n) is 5.57. The highest BCUT2D eigenvalue weighted by Crippen LogP contribution is 2.15. The van der Waals surface area contributed by atoms with Gasteiger partial charge in [0.1, 0.15) is 0 Å².